The summed E-state index contributed by atoms with van der Waals surface area (Å²) >= 11 is 0. The highest BCUT2D eigenvalue weighted by Crippen LogP contribution is 2.26. The van der Waals surface area contributed by atoms with Crippen LogP contribution in [-0.4, -0.2) is 50.9 Å². The molecule has 2 aromatic rings. The number of hydrogen-bond donors (Lipinski definition) is 0. The fourth-order valence-corrected chi connectivity index (χ4v) is 2.65. The summed E-state index contributed by atoms with van der Waals surface area (Å²) in [4.78, 5) is 18.5. The minimum Gasteiger partial charge on any atom is -0.375 e. The largest absolute Gasteiger partial charge is 0.375 e. The summed E-state index contributed by atoms with van der Waals surface area (Å²) in [7, 11) is 3.39. The molecular formula is C14H19N5O3. The molecule has 3 heterocycles. The van der Waals surface area contributed by atoms with Crippen molar-refractivity contribution in [2.75, 3.05) is 20.2 Å². The second-order valence-corrected chi connectivity index (χ2v) is 5.42. The number of likely N-dealkylation sites (tertiary alicyclic amines) is 1. The molecule has 1 amide bonds. The zero-order valence-electron chi connectivity index (χ0n) is 12.7. The van der Waals surface area contributed by atoms with Crippen LogP contribution in [-0.2, 0) is 18.4 Å². The Bertz CT molecular complexity index is 642. The van der Waals surface area contributed by atoms with Crippen LogP contribution < -0.4 is 0 Å². The van der Waals surface area contributed by atoms with Crippen LogP contribution in [0.15, 0.2) is 16.8 Å². The number of aryl methyl sites for hydroxylation is 1. The molecule has 3 rings (SSSR count). The van der Waals surface area contributed by atoms with Gasteiger partial charge in [0.1, 0.15) is 12.3 Å². The van der Waals surface area contributed by atoms with E-state index in [1.165, 1.54) is 0 Å². The van der Waals surface area contributed by atoms with Crippen molar-refractivity contribution in [3.63, 3.8) is 0 Å². The number of ether oxygens (including phenoxy) is 1. The lowest BCUT2D eigenvalue weighted by Gasteiger charge is -2.30. The van der Waals surface area contributed by atoms with Crippen LogP contribution in [0.3, 0.4) is 0 Å². The van der Waals surface area contributed by atoms with Gasteiger partial charge in [0.2, 0.25) is 0 Å². The van der Waals surface area contributed by atoms with Crippen LogP contribution in [0.5, 0.6) is 0 Å². The average molecular weight is 305 g/mol. The number of methoxy groups -OCH3 is 1. The molecule has 1 saturated heterocycles. The lowest BCUT2D eigenvalue weighted by molar-refractivity contribution is 0.0704. The lowest BCUT2D eigenvalue weighted by atomic mass is 9.96. The Morgan fingerprint density at radius 3 is 2.86 bits per heavy atom. The molecular weight excluding hydrogens is 286 g/mol. The molecule has 0 saturated carbocycles. The van der Waals surface area contributed by atoms with Crippen molar-refractivity contribution in [1.29, 1.82) is 0 Å². The van der Waals surface area contributed by atoms with Gasteiger partial charge in [-0.25, -0.2) is 0 Å². The van der Waals surface area contributed by atoms with Gasteiger partial charge < -0.3 is 14.2 Å². The van der Waals surface area contributed by atoms with E-state index >= 15 is 0 Å². The third kappa shape index (κ3) is 3.01. The first-order valence-electron chi connectivity index (χ1n) is 7.27. The number of carbonyl (C=O) groups is 1. The topological polar surface area (TPSA) is 86.3 Å². The Labute approximate surface area is 128 Å². The minimum absolute atomic E-state index is 0.0211. The molecule has 8 nitrogen and oxygen atoms in total. The Kier molecular flexibility index (Phi) is 4.19. The van der Waals surface area contributed by atoms with E-state index in [1.807, 2.05) is 4.90 Å². The molecule has 0 spiro atoms. The average Bonchev–Trinajstić information content (AvgIpc) is 3.16. The lowest BCUT2D eigenvalue weighted by Crippen LogP contribution is -2.38. The summed E-state index contributed by atoms with van der Waals surface area (Å²) in [5.74, 6) is 1.40. The monoisotopic (exact) mass is 305 g/mol. The smallest absolute Gasteiger partial charge is 0.274 e. The fourth-order valence-electron chi connectivity index (χ4n) is 2.65. The van der Waals surface area contributed by atoms with E-state index in [9.17, 15) is 4.79 Å². The second-order valence-electron chi connectivity index (χ2n) is 5.42. The number of aromatic nitrogens is 4. The van der Waals surface area contributed by atoms with E-state index in [0.29, 0.717) is 37.1 Å². The van der Waals surface area contributed by atoms with Crippen molar-refractivity contribution < 1.29 is 14.1 Å². The summed E-state index contributed by atoms with van der Waals surface area (Å²) in [6.45, 7) is 1.67. The van der Waals surface area contributed by atoms with Crippen molar-refractivity contribution >= 4 is 5.91 Å². The summed E-state index contributed by atoms with van der Waals surface area (Å²) in [5, 5.41) is 8.16. The first-order valence-corrected chi connectivity index (χ1v) is 7.27. The summed E-state index contributed by atoms with van der Waals surface area (Å²) in [6, 6.07) is 1.74. The molecule has 0 aromatic carbocycles. The van der Waals surface area contributed by atoms with Gasteiger partial charge in [-0.1, -0.05) is 5.16 Å². The van der Waals surface area contributed by atoms with Crippen molar-refractivity contribution in [2.24, 2.45) is 7.05 Å². The highest BCUT2D eigenvalue weighted by molar-refractivity contribution is 5.92. The van der Waals surface area contributed by atoms with Gasteiger partial charge in [0, 0.05) is 39.4 Å². The van der Waals surface area contributed by atoms with Gasteiger partial charge in [0.15, 0.2) is 5.82 Å². The standard InChI is InChI=1S/C14H19N5O3/c1-18-6-5-11(16-18)14(20)19-7-3-10(4-8-19)13-15-12(9-21-2)22-17-13/h5-6,10H,3-4,7-9H2,1-2H3. The molecule has 2 aromatic heterocycles. The van der Waals surface area contributed by atoms with E-state index in [0.717, 1.165) is 12.8 Å². The molecule has 0 unspecified atom stereocenters. The van der Waals surface area contributed by atoms with Gasteiger partial charge in [0.25, 0.3) is 11.8 Å². The Morgan fingerprint density at radius 1 is 1.45 bits per heavy atom. The molecule has 1 fully saturated rings. The van der Waals surface area contributed by atoms with Crippen molar-refractivity contribution in [2.45, 2.75) is 25.4 Å². The first kappa shape index (κ1) is 14.7. The van der Waals surface area contributed by atoms with Crippen LogP contribution in [0.4, 0.5) is 0 Å². The normalized spacial score (nSPS) is 16.2. The third-order valence-electron chi connectivity index (χ3n) is 3.83. The molecule has 0 aliphatic carbocycles. The van der Waals surface area contributed by atoms with Crippen LogP contribution in [0, 0.1) is 0 Å². The van der Waals surface area contributed by atoms with E-state index < -0.39 is 0 Å². The number of amides is 1. The van der Waals surface area contributed by atoms with Crippen molar-refractivity contribution in [3.8, 4) is 0 Å². The van der Waals surface area contributed by atoms with Gasteiger partial charge in [-0.05, 0) is 18.9 Å². The Balaban J connectivity index is 1.58. The van der Waals surface area contributed by atoms with Crippen LogP contribution in [0.25, 0.3) is 0 Å². The molecule has 1 aliphatic rings. The van der Waals surface area contributed by atoms with Gasteiger partial charge in [-0.3, -0.25) is 9.48 Å². The van der Waals surface area contributed by atoms with E-state index in [4.69, 9.17) is 9.26 Å². The maximum Gasteiger partial charge on any atom is 0.274 e. The number of piperidine rings is 1. The van der Waals surface area contributed by atoms with Gasteiger partial charge in [0.05, 0.1) is 0 Å². The highest BCUT2D eigenvalue weighted by Gasteiger charge is 2.28. The zero-order chi connectivity index (χ0) is 15.5. The van der Waals surface area contributed by atoms with Gasteiger partial charge in [-0.2, -0.15) is 10.1 Å². The Morgan fingerprint density at radius 2 is 2.23 bits per heavy atom. The molecule has 8 heteroatoms. The summed E-state index contributed by atoms with van der Waals surface area (Å²) in [5.41, 5.74) is 0.489. The molecule has 0 bridgehead atoms. The predicted octanol–water partition coefficient (Wildman–Crippen LogP) is 0.969. The second kappa shape index (κ2) is 6.27. The number of carbonyl (C=O) groups excluding carboxylic acids is 1. The molecule has 118 valence electrons. The van der Waals surface area contributed by atoms with Crippen LogP contribution in [0.2, 0.25) is 0 Å². The number of nitrogens with zero attached hydrogens (tertiary/aromatic N) is 5. The quantitative estimate of drug-likeness (QED) is 0.836. The predicted molar refractivity (Wildman–Crippen MR) is 76.1 cm³/mol. The highest BCUT2D eigenvalue weighted by atomic mass is 16.5. The van der Waals surface area contributed by atoms with E-state index in [1.54, 1.807) is 31.1 Å². The summed E-state index contributed by atoms with van der Waals surface area (Å²) < 4.78 is 11.7. The third-order valence-corrected chi connectivity index (χ3v) is 3.83. The molecule has 22 heavy (non-hydrogen) atoms. The van der Waals surface area contributed by atoms with Crippen molar-refractivity contribution in [3.05, 3.63) is 29.7 Å². The fraction of sp³-hybridized carbons (Fsp3) is 0.571. The van der Waals surface area contributed by atoms with Gasteiger partial charge in [-0.15, -0.1) is 0 Å². The SMILES string of the molecule is COCc1nc(C2CCN(C(=O)c3ccn(C)n3)CC2)no1. The van der Waals surface area contributed by atoms with Crippen molar-refractivity contribution in [1.82, 2.24) is 24.8 Å². The van der Waals surface area contributed by atoms with Crippen LogP contribution >= 0.6 is 0 Å². The number of rotatable bonds is 4. The Hall–Kier alpha value is -2.22. The van der Waals surface area contributed by atoms with Crippen LogP contribution in [0.1, 0.15) is 41.0 Å². The summed E-state index contributed by atoms with van der Waals surface area (Å²) in [6.07, 6.45) is 3.42. The number of hydrogen-bond acceptors (Lipinski definition) is 6. The molecule has 1 aliphatic heterocycles. The molecule has 0 radical (unpaired) electrons. The maximum atomic E-state index is 12.3. The molecule has 0 N–H and O–H groups in total. The van der Waals surface area contributed by atoms with E-state index in [-0.39, 0.29) is 11.8 Å². The van der Waals surface area contributed by atoms with Gasteiger partial charge >= 0.3 is 0 Å². The minimum atomic E-state index is -0.0211. The molecule has 0 atom stereocenters. The maximum absolute atomic E-state index is 12.3. The zero-order valence-corrected chi connectivity index (χ0v) is 12.7. The first-order chi connectivity index (χ1) is 10.7. The van der Waals surface area contributed by atoms with E-state index in [2.05, 4.69) is 15.2 Å².